The molecule has 234 valence electrons. The lowest BCUT2D eigenvalue weighted by molar-refractivity contribution is 0.0697. The zero-order valence-corrected chi connectivity index (χ0v) is 24.7. The summed E-state index contributed by atoms with van der Waals surface area (Å²) >= 11 is 0. The van der Waals surface area contributed by atoms with E-state index in [9.17, 15) is 14.3 Å². The molecule has 1 saturated carbocycles. The molecule has 0 saturated heterocycles. The molecule has 12 heteroatoms. The van der Waals surface area contributed by atoms with Crippen molar-refractivity contribution in [3.63, 3.8) is 0 Å². The highest BCUT2D eigenvalue weighted by Gasteiger charge is 2.49. The average Bonchev–Trinajstić information content (AvgIpc) is 3.44. The molecule has 9 nitrogen and oxygen atoms in total. The molecule has 1 aliphatic carbocycles. The van der Waals surface area contributed by atoms with Gasteiger partial charge in [0.05, 0.1) is 27.8 Å². The van der Waals surface area contributed by atoms with Gasteiger partial charge in [-0.2, -0.15) is 0 Å². The van der Waals surface area contributed by atoms with Gasteiger partial charge in [0.25, 0.3) is 0 Å². The molecule has 5 aromatic rings. The van der Waals surface area contributed by atoms with Crippen LogP contribution in [0.3, 0.4) is 0 Å². The maximum atomic E-state index is 15.7. The number of carboxylic acids is 1. The fourth-order valence-corrected chi connectivity index (χ4v) is 5.72. The van der Waals surface area contributed by atoms with E-state index in [4.69, 9.17) is 9.72 Å². The molecule has 46 heavy (non-hydrogen) atoms. The van der Waals surface area contributed by atoms with E-state index < -0.39 is 23.4 Å². The van der Waals surface area contributed by atoms with Crippen molar-refractivity contribution < 1.29 is 27.8 Å². The topological polar surface area (TPSA) is 105 Å². The van der Waals surface area contributed by atoms with Gasteiger partial charge in [-0.3, -0.25) is 5.01 Å². The van der Waals surface area contributed by atoms with E-state index in [-0.39, 0.29) is 46.8 Å². The van der Waals surface area contributed by atoms with Crippen LogP contribution in [0.4, 0.5) is 13.2 Å². The molecule has 3 heterocycles. The third-order valence-electron chi connectivity index (χ3n) is 8.43. The quantitative estimate of drug-likeness (QED) is 0.173. The number of carboxylic acid groups (broad SMARTS) is 1. The van der Waals surface area contributed by atoms with Crippen molar-refractivity contribution in [2.24, 2.45) is 0 Å². The second-order valence-electron chi connectivity index (χ2n) is 11.6. The zero-order chi connectivity index (χ0) is 32.0. The normalized spacial score (nSPS) is 14.9. The number of halogens is 3. The van der Waals surface area contributed by atoms with Crippen LogP contribution < -0.4 is 15.7 Å². The molecule has 0 amide bonds. The first-order valence-corrected chi connectivity index (χ1v) is 14.7. The third kappa shape index (κ3) is 5.63. The Labute approximate surface area is 261 Å². The van der Waals surface area contributed by atoms with Crippen molar-refractivity contribution in [3.05, 3.63) is 125 Å². The van der Waals surface area contributed by atoms with Crippen molar-refractivity contribution in [1.82, 2.24) is 30.5 Å². The van der Waals surface area contributed by atoms with Crippen LogP contribution in [0, 0.1) is 24.4 Å². The molecule has 0 radical (unpaired) electrons. The number of aromatic carboxylic acids is 1. The lowest BCUT2D eigenvalue weighted by Gasteiger charge is -2.28. The van der Waals surface area contributed by atoms with E-state index in [0.29, 0.717) is 29.0 Å². The second kappa shape index (κ2) is 11.5. The van der Waals surface area contributed by atoms with Gasteiger partial charge in [-0.05, 0) is 73.4 Å². The first-order chi connectivity index (χ1) is 22.2. The van der Waals surface area contributed by atoms with Gasteiger partial charge in [0.15, 0.2) is 0 Å². The first-order valence-electron chi connectivity index (χ1n) is 14.7. The number of benzene rings is 3. The Morgan fingerprint density at radius 2 is 1.80 bits per heavy atom. The Balaban J connectivity index is 1.18. The number of hydrogen-bond donors (Lipinski definition) is 3. The second-order valence-corrected chi connectivity index (χ2v) is 11.6. The maximum absolute atomic E-state index is 15.7. The Morgan fingerprint density at radius 3 is 2.54 bits per heavy atom. The minimum atomic E-state index is -1.07. The number of imidazole rings is 1. The van der Waals surface area contributed by atoms with Gasteiger partial charge in [-0.1, -0.05) is 18.2 Å². The number of carbonyl (C=O) groups is 1. The Kier molecular flexibility index (Phi) is 7.36. The Bertz CT molecular complexity index is 2020. The maximum Gasteiger partial charge on any atom is 0.335 e. The van der Waals surface area contributed by atoms with Gasteiger partial charge in [0.2, 0.25) is 5.88 Å². The van der Waals surface area contributed by atoms with Gasteiger partial charge in [0.1, 0.15) is 29.9 Å². The number of ether oxygens (including phenoxy) is 1. The Hall–Kier alpha value is -5.36. The molecule has 2 aromatic heterocycles. The van der Waals surface area contributed by atoms with E-state index in [1.165, 1.54) is 12.1 Å². The lowest BCUT2D eigenvalue weighted by Crippen LogP contribution is -2.46. The highest BCUT2D eigenvalue weighted by Crippen LogP contribution is 2.44. The number of aromatic nitrogens is 3. The number of hydrogen-bond acceptors (Lipinski definition) is 7. The SMILES string of the molecule is Cc1ccc(COc2cccc(-c3cc(F)c(Cc4nc5ccc(C(=O)O)cc5n4CC4(N5C=CNN5)CC4)cc3F)n2)c(F)c1. The number of nitrogens with zero attached hydrogens (tertiary/aromatic N) is 4. The molecule has 0 atom stereocenters. The molecule has 1 fully saturated rings. The van der Waals surface area contributed by atoms with Crippen LogP contribution in [0.5, 0.6) is 5.88 Å². The molecule has 2 aliphatic rings. The molecular weight excluding hydrogens is 597 g/mol. The van der Waals surface area contributed by atoms with Gasteiger partial charge in [-0.15, -0.1) is 5.53 Å². The minimum Gasteiger partial charge on any atom is -0.478 e. The summed E-state index contributed by atoms with van der Waals surface area (Å²) in [5.41, 5.74) is 8.33. The van der Waals surface area contributed by atoms with Crippen LogP contribution in [0.25, 0.3) is 22.3 Å². The molecule has 3 N–H and O–H groups in total. The molecule has 0 spiro atoms. The smallest absolute Gasteiger partial charge is 0.335 e. The summed E-state index contributed by atoms with van der Waals surface area (Å²) in [5.74, 6) is -2.18. The zero-order valence-electron chi connectivity index (χ0n) is 24.7. The summed E-state index contributed by atoms with van der Waals surface area (Å²) < 4.78 is 53.1. The van der Waals surface area contributed by atoms with Crippen molar-refractivity contribution >= 4 is 17.0 Å². The predicted octanol–water partition coefficient (Wildman–Crippen LogP) is 6.02. The fraction of sp³-hybridized carbons (Fsp3) is 0.206. The number of nitrogens with one attached hydrogen (secondary N) is 2. The lowest BCUT2D eigenvalue weighted by atomic mass is 10.0. The summed E-state index contributed by atoms with van der Waals surface area (Å²) in [6.07, 6.45) is 5.37. The number of hydrazine groups is 2. The standard InChI is InChI=1S/C34H29F3N6O3/c1-20-5-6-22(25(35)13-20)18-46-32-4-2-3-28(40-32)24-17-26(36)23(14-27(24)37)16-31-39-29-8-7-21(33(44)45)15-30(29)42(31)19-34(9-10-34)43-12-11-38-41-43/h2-8,11-15,17,38,41H,9-10,16,18-19H2,1H3,(H,44,45). The average molecular weight is 627 g/mol. The van der Waals surface area contributed by atoms with E-state index in [2.05, 4.69) is 15.9 Å². The number of pyridine rings is 1. The van der Waals surface area contributed by atoms with Crippen LogP contribution in [0.2, 0.25) is 0 Å². The van der Waals surface area contributed by atoms with Gasteiger partial charge in [0, 0.05) is 42.6 Å². The van der Waals surface area contributed by atoms with E-state index in [1.807, 2.05) is 15.8 Å². The molecule has 1 aliphatic heterocycles. The van der Waals surface area contributed by atoms with E-state index >= 15 is 8.78 Å². The Morgan fingerprint density at radius 1 is 0.978 bits per heavy atom. The third-order valence-corrected chi connectivity index (χ3v) is 8.43. The predicted molar refractivity (Wildman–Crippen MR) is 164 cm³/mol. The van der Waals surface area contributed by atoms with Gasteiger partial charge in [-0.25, -0.2) is 27.9 Å². The van der Waals surface area contributed by atoms with Crippen LogP contribution in [0.1, 0.15) is 45.7 Å². The van der Waals surface area contributed by atoms with E-state index in [1.54, 1.807) is 55.6 Å². The largest absolute Gasteiger partial charge is 0.478 e. The number of fused-ring (bicyclic) bond motifs is 1. The molecule has 0 unspecified atom stereocenters. The van der Waals surface area contributed by atoms with Gasteiger partial charge >= 0.3 is 5.97 Å². The molecule has 7 rings (SSSR count). The fourth-order valence-electron chi connectivity index (χ4n) is 5.72. The van der Waals surface area contributed by atoms with Crippen LogP contribution >= 0.6 is 0 Å². The van der Waals surface area contributed by atoms with Crippen LogP contribution in [0.15, 0.2) is 79.1 Å². The molecule has 0 bridgehead atoms. The van der Waals surface area contributed by atoms with Crippen LogP contribution in [-0.4, -0.2) is 36.2 Å². The van der Waals surface area contributed by atoms with Gasteiger partial charge < -0.3 is 19.8 Å². The summed E-state index contributed by atoms with van der Waals surface area (Å²) in [6, 6.07) is 16.4. The van der Waals surface area contributed by atoms with E-state index in [0.717, 1.165) is 30.5 Å². The van der Waals surface area contributed by atoms with Crippen molar-refractivity contribution in [1.29, 1.82) is 0 Å². The summed E-state index contributed by atoms with van der Waals surface area (Å²) in [6.45, 7) is 2.17. The van der Waals surface area contributed by atoms with Crippen LogP contribution in [-0.2, 0) is 19.6 Å². The molecular formula is C34H29F3N6O3. The highest BCUT2D eigenvalue weighted by molar-refractivity contribution is 5.92. The first kappa shape index (κ1) is 29.4. The monoisotopic (exact) mass is 626 g/mol. The number of rotatable bonds is 10. The number of aryl methyl sites for hydroxylation is 1. The highest BCUT2D eigenvalue weighted by atomic mass is 19.1. The summed E-state index contributed by atoms with van der Waals surface area (Å²) in [7, 11) is 0. The molecule has 3 aromatic carbocycles. The van der Waals surface area contributed by atoms with Crippen molar-refractivity contribution in [3.8, 4) is 17.1 Å². The van der Waals surface area contributed by atoms with Crippen molar-refractivity contribution in [2.75, 3.05) is 0 Å². The summed E-state index contributed by atoms with van der Waals surface area (Å²) in [5, 5.41) is 11.6. The minimum absolute atomic E-state index is 0.0313. The van der Waals surface area contributed by atoms with Crippen molar-refractivity contribution in [2.45, 2.75) is 44.9 Å². The summed E-state index contributed by atoms with van der Waals surface area (Å²) in [4.78, 5) is 20.8.